The summed E-state index contributed by atoms with van der Waals surface area (Å²) in [6.45, 7) is 0.644. The number of hydrogen-bond acceptors (Lipinski definition) is 4. The first-order valence-corrected chi connectivity index (χ1v) is 5.49. The van der Waals surface area contributed by atoms with Crippen LogP contribution in [0.5, 0.6) is 0 Å². The van der Waals surface area contributed by atoms with Gasteiger partial charge in [-0.15, -0.1) is 0 Å². The number of halogens is 1. The summed E-state index contributed by atoms with van der Waals surface area (Å²) in [4.78, 5) is 32.5. The first kappa shape index (κ1) is 11.8. The van der Waals surface area contributed by atoms with Crippen LogP contribution in [0.2, 0.25) is 5.15 Å². The molecule has 1 N–H and O–H groups in total. The Morgan fingerprint density at radius 1 is 1.59 bits per heavy atom. The molecule has 0 radical (unpaired) electrons. The van der Waals surface area contributed by atoms with Crippen LogP contribution in [0.25, 0.3) is 0 Å². The molecule has 1 aromatic heterocycles. The molecular weight excluding hydrogens is 244 g/mol. The molecule has 0 aliphatic carbocycles. The SMILES string of the molecule is CN1CCC(NC(=O)c2cncc(Cl)n2)C1=O. The van der Waals surface area contributed by atoms with Crippen LogP contribution in [-0.2, 0) is 4.79 Å². The van der Waals surface area contributed by atoms with Gasteiger partial charge < -0.3 is 10.2 Å². The number of likely N-dealkylation sites (N-methyl/N-ethyl adjacent to an activating group) is 1. The summed E-state index contributed by atoms with van der Waals surface area (Å²) in [5.41, 5.74) is 0.111. The Hall–Kier alpha value is -1.69. The molecule has 1 aliphatic rings. The first-order valence-electron chi connectivity index (χ1n) is 5.11. The number of amides is 2. The van der Waals surface area contributed by atoms with Gasteiger partial charge in [-0.1, -0.05) is 11.6 Å². The molecule has 7 heteroatoms. The first-order chi connectivity index (χ1) is 8.08. The van der Waals surface area contributed by atoms with Crippen LogP contribution >= 0.6 is 11.6 Å². The molecule has 1 fully saturated rings. The quantitative estimate of drug-likeness (QED) is 0.812. The lowest BCUT2D eigenvalue weighted by molar-refractivity contribution is -0.128. The largest absolute Gasteiger partial charge is 0.344 e. The van der Waals surface area contributed by atoms with E-state index in [4.69, 9.17) is 11.6 Å². The molecule has 2 amide bonds. The molecular formula is C10H11ClN4O2. The van der Waals surface area contributed by atoms with Crippen molar-refractivity contribution in [3.63, 3.8) is 0 Å². The van der Waals surface area contributed by atoms with E-state index in [9.17, 15) is 9.59 Å². The monoisotopic (exact) mass is 254 g/mol. The van der Waals surface area contributed by atoms with Crippen molar-refractivity contribution in [2.75, 3.05) is 13.6 Å². The third-order valence-electron chi connectivity index (χ3n) is 2.57. The zero-order chi connectivity index (χ0) is 12.4. The van der Waals surface area contributed by atoms with Crippen molar-refractivity contribution in [2.45, 2.75) is 12.5 Å². The number of rotatable bonds is 2. The van der Waals surface area contributed by atoms with Gasteiger partial charge in [0.25, 0.3) is 5.91 Å². The van der Waals surface area contributed by atoms with E-state index in [0.29, 0.717) is 13.0 Å². The van der Waals surface area contributed by atoms with E-state index < -0.39 is 11.9 Å². The van der Waals surface area contributed by atoms with Crippen molar-refractivity contribution in [3.8, 4) is 0 Å². The van der Waals surface area contributed by atoms with Crippen molar-refractivity contribution >= 4 is 23.4 Å². The normalized spacial score (nSPS) is 19.5. The van der Waals surface area contributed by atoms with Gasteiger partial charge >= 0.3 is 0 Å². The van der Waals surface area contributed by atoms with E-state index in [1.165, 1.54) is 12.4 Å². The molecule has 1 unspecified atom stereocenters. The van der Waals surface area contributed by atoms with Gasteiger partial charge in [-0.2, -0.15) is 0 Å². The molecule has 0 aromatic carbocycles. The van der Waals surface area contributed by atoms with Crippen LogP contribution in [0, 0.1) is 0 Å². The molecule has 6 nitrogen and oxygen atoms in total. The average Bonchev–Trinajstić information content (AvgIpc) is 2.61. The van der Waals surface area contributed by atoms with Crippen LogP contribution in [0.15, 0.2) is 12.4 Å². The van der Waals surface area contributed by atoms with Crippen molar-refractivity contribution in [3.05, 3.63) is 23.2 Å². The third-order valence-corrected chi connectivity index (χ3v) is 2.75. The number of nitrogens with zero attached hydrogens (tertiary/aromatic N) is 3. The Kier molecular flexibility index (Phi) is 3.23. The van der Waals surface area contributed by atoms with Crippen molar-refractivity contribution in [1.82, 2.24) is 20.2 Å². The van der Waals surface area contributed by atoms with Crippen molar-refractivity contribution < 1.29 is 9.59 Å². The fourth-order valence-electron chi connectivity index (χ4n) is 1.64. The summed E-state index contributed by atoms with van der Waals surface area (Å²) in [5, 5.41) is 2.76. The average molecular weight is 255 g/mol. The molecule has 0 spiro atoms. The van der Waals surface area contributed by atoms with Gasteiger partial charge in [0.05, 0.1) is 12.4 Å². The highest BCUT2D eigenvalue weighted by molar-refractivity contribution is 6.29. The van der Waals surface area contributed by atoms with E-state index in [0.717, 1.165) is 0 Å². The highest BCUT2D eigenvalue weighted by atomic mass is 35.5. The van der Waals surface area contributed by atoms with Gasteiger partial charge in [0.15, 0.2) is 0 Å². The summed E-state index contributed by atoms with van der Waals surface area (Å²) in [7, 11) is 1.70. The third kappa shape index (κ3) is 2.52. The second-order valence-electron chi connectivity index (χ2n) is 3.80. The summed E-state index contributed by atoms with van der Waals surface area (Å²) < 4.78 is 0. The number of nitrogens with one attached hydrogen (secondary N) is 1. The maximum atomic E-state index is 11.8. The van der Waals surface area contributed by atoms with Crippen LogP contribution < -0.4 is 5.32 Å². The minimum absolute atomic E-state index is 0.0895. The molecule has 2 heterocycles. The number of likely N-dealkylation sites (tertiary alicyclic amines) is 1. The molecule has 0 bridgehead atoms. The topological polar surface area (TPSA) is 75.2 Å². The highest BCUT2D eigenvalue weighted by Crippen LogP contribution is 2.09. The molecule has 1 aliphatic heterocycles. The molecule has 2 rings (SSSR count). The smallest absolute Gasteiger partial charge is 0.272 e. The maximum absolute atomic E-state index is 11.8. The minimum Gasteiger partial charge on any atom is -0.344 e. The fourth-order valence-corrected chi connectivity index (χ4v) is 1.79. The Bertz CT molecular complexity index is 465. The minimum atomic E-state index is -0.478. The van der Waals surface area contributed by atoms with E-state index in [-0.39, 0.29) is 16.8 Å². The zero-order valence-electron chi connectivity index (χ0n) is 9.18. The molecule has 90 valence electrons. The second-order valence-corrected chi connectivity index (χ2v) is 4.19. The molecule has 0 saturated carbocycles. The Balaban J connectivity index is 2.05. The maximum Gasteiger partial charge on any atom is 0.272 e. The molecule has 1 saturated heterocycles. The van der Waals surface area contributed by atoms with E-state index in [1.807, 2.05) is 0 Å². The molecule has 1 aromatic rings. The van der Waals surface area contributed by atoms with Crippen molar-refractivity contribution in [1.29, 1.82) is 0 Å². The fraction of sp³-hybridized carbons (Fsp3) is 0.400. The molecule has 17 heavy (non-hydrogen) atoms. The number of carbonyl (C=O) groups is 2. The number of carbonyl (C=O) groups excluding carboxylic acids is 2. The van der Waals surface area contributed by atoms with E-state index >= 15 is 0 Å². The van der Waals surface area contributed by atoms with Gasteiger partial charge in [0.2, 0.25) is 5.91 Å². The van der Waals surface area contributed by atoms with Crippen LogP contribution in [0.3, 0.4) is 0 Å². The van der Waals surface area contributed by atoms with Gasteiger partial charge in [-0.3, -0.25) is 14.6 Å². The highest BCUT2D eigenvalue weighted by Gasteiger charge is 2.30. The Morgan fingerprint density at radius 3 is 2.94 bits per heavy atom. The lowest BCUT2D eigenvalue weighted by Gasteiger charge is -2.11. The van der Waals surface area contributed by atoms with Gasteiger partial charge in [-0.05, 0) is 6.42 Å². The summed E-state index contributed by atoms with van der Waals surface area (Å²) in [6.07, 6.45) is 3.26. The van der Waals surface area contributed by atoms with Gasteiger partial charge in [0.1, 0.15) is 16.9 Å². The lowest BCUT2D eigenvalue weighted by atomic mass is 10.2. The summed E-state index contributed by atoms with van der Waals surface area (Å²) in [6, 6.07) is -0.478. The second kappa shape index (κ2) is 4.67. The Labute approximate surface area is 103 Å². The number of aromatic nitrogens is 2. The molecule has 1 atom stereocenters. The lowest BCUT2D eigenvalue weighted by Crippen LogP contribution is -2.40. The van der Waals surface area contributed by atoms with E-state index in [2.05, 4.69) is 15.3 Å². The summed E-state index contributed by atoms with van der Waals surface area (Å²) >= 11 is 5.63. The zero-order valence-corrected chi connectivity index (χ0v) is 9.94. The standard InChI is InChI=1S/C10H11ClN4O2/c1-15-3-2-6(10(15)17)14-9(16)7-4-12-5-8(11)13-7/h4-6H,2-3H2,1H3,(H,14,16). The summed E-state index contributed by atoms with van der Waals surface area (Å²) in [5.74, 6) is -0.526. The van der Waals surface area contributed by atoms with Crippen LogP contribution in [0.4, 0.5) is 0 Å². The number of hydrogen-bond donors (Lipinski definition) is 1. The van der Waals surface area contributed by atoms with Crippen LogP contribution in [0.1, 0.15) is 16.9 Å². The van der Waals surface area contributed by atoms with Gasteiger partial charge in [-0.25, -0.2) is 4.98 Å². The van der Waals surface area contributed by atoms with Crippen molar-refractivity contribution in [2.24, 2.45) is 0 Å². The predicted molar refractivity (Wildman–Crippen MR) is 60.6 cm³/mol. The van der Waals surface area contributed by atoms with Crippen LogP contribution in [-0.4, -0.2) is 46.3 Å². The van der Waals surface area contributed by atoms with E-state index in [1.54, 1.807) is 11.9 Å². The Morgan fingerprint density at radius 2 is 2.35 bits per heavy atom. The van der Waals surface area contributed by atoms with Gasteiger partial charge in [0, 0.05) is 13.6 Å². The predicted octanol–water partition coefficient (Wildman–Crippen LogP) is 0.0905.